The molecule has 3 nitrogen and oxygen atoms in total. The summed E-state index contributed by atoms with van der Waals surface area (Å²) < 4.78 is 2.26. The molecule has 0 saturated heterocycles. The van der Waals surface area contributed by atoms with Gasteiger partial charge >= 0.3 is 0 Å². The summed E-state index contributed by atoms with van der Waals surface area (Å²) >= 11 is 0. The van der Waals surface area contributed by atoms with Crippen LogP contribution < -0.4 is 5.32 Å². The fraction of sp³-hybridized carbons (Fsp3) is 0.800. The fourth-order valence-electron chi connectivity index (χ4n) is 2.23. The largest absolute Gasteiger partial charge is 0.308 e. The molecule has 1 aromatic rings. The van der Waals surface area contributed by atoms with Crippen molar-refractivity contribution in [3.8, 4) is 0 Å². The summed E-state index contributed by atoms with van der Waals surface area (Å²) in [6.45, 7) is 12.1. The number of rotatable bonds is 5. The lowest BCUT2D eigenvalue weighted by Crippen LogP contribution is -2.35. The molecule has 0 spiro atoms. The Hall–Kier alpha value is -0.830. The molecular formula is C15H27N3. The van der Waals surface area contributed by atoms with Crippen molar-refractivity contribution >= 4 is 0 Å². The average molecular weight is 249 g/mol. The zero-order valence-corrected chi connectivity index (χ0v) is 12.5. The molecular weight excluding hydrogens is 222 g/mol. The van der Waals surface area contributed by atoms with Crippen molar-refractivity contribution in [3.63, 3.8) is 0 Å². The van der Waals surface area contributed by atoms with Crippen molar-refractivity contribution in [2.75, 3.05) is 0 Å². The van der Waals surface area contributed by atoms with Gasteiger partial charge in [0.05, 0.1) is 6.20 Å². The van der Waals surface area contributed by atoms with Gasteiger partial charge < -0.3 is 5.32 Å². The van der Waals surface area contributed by atoms with Gasteiger partial charge in [-0.3, -0.25) is 4.68 Å². The zero-order chi connectivity index (χ0) is 13.3. The summed E-state index contributed by atoms with van der Waals surface area (Å²) in [6.07, 6.45) is 5.89. The normalized spacial score (nSPS) is 18.1. The van der Waals surface area contributed by atoms with E-state index in [1.54, 1.807) is 0 Å². The maximum absolute atomic E-state index is 4.63. The topological polar surface area (TPSA) is 29.9 Å². The van der Waals surface area contributed by atoms with Crippen LogP contribution in [0, 0.1) is 0 Å². The molecule has 18 heavy (non-hydrogen) atoms. The molecule has 1 aliphatic rings. The van der Waals surface area contributed by atoms with Crippen LogP contribution in [0.15, 0.2) is 6.20 Å². The third-order valence-corrected chi connectivity index (χ3v) is 3.70. The molecule has 1 fully saturated rings. The van der Waals surface area contributed by atoms with E-state index in [1.807, 2.05) is 0 Å². The number of hydrogen-bond donors (Lipinski definition) is 1. The number of nitrogens with zero attached hydrogens (tertiary/aromatic N) is 2. The Morgan fingerprint density at radius 1 is 1.44 bits per heavy atom. The van der Waals surface area contributed by atoms with Gasteiger partial charge in [-0.25, -0.2) is 0 Å². The van der Waals surface area contributed by atoms with E-state index in [9.17, 15) is 0 Å². The van der Waals surface area contributed by atoms with Gasteiger partial charge in [0.2, 0.25) is 0 Å². The van der Waals surface area contributed by atoms with Gasteiger partial charge in [-0.05, 0) is 47.0 Å². The van der Waals surface area contributed by atoms with E-state index in [4.69, 9.17) is 0 Å². The maximum Gasteiger partial charge on any atom is 0.0537 e. The molecule has 1 atom stereocenters. The Bertz CT molecular complexity index is 396. The van der Waals surface area contributed by atoms with Crippen LogP contribution in [0.3, 0.4) is 0 Å². The van der Waals surface area contributed by atoms with Gasteiger partial charge in [-0.15, -0.1) is 0 Å². The highest BCUT2D eigenvalue weighted by Gasteiger charge is 2.31. The lowest BCUT2D eigenvalue weighted by Gasteiger charge is -2.21. The Morgan fingerprint density at radius 3 is 2.61 bits per heavy atom. The highest BCUT2D eigenvalue weighted by atomic mass is 15.3. The highest BCUT2D eigenvalue weighted by Crippen LogP contribution is 2.42. The quantitative estimate of drug-likeness (QED) is 0.863. The lowest BCUT2D eigenvalue weighted by molar-refractivity contribution is 0.421. The standard InChI is InChI=1S/C15H27N3/c1-6-11(2)18-14(12-7-8-12)13(10-17-18)9-16-15(3,4)5/h10-12,16H,6-9H2,1-5H3. The number of aromatic nitrogens is 2. The summed E-state index contributed by atoms with van der Waals surface area (Å²) in [6, 6.07) is 0.518. The summed E-state index contributed by atoms with van der Waals surface area (Å²) in [7, 11) is 0. The van der Waals surface area contributed by atoms with Crippen molar-refractivity contribution in [2.45, 2.75) is 77.9 Å². The first kappa shape index (κ1) is 13.6. The first-order valence-electron chi connectivity index (χ1n) is 7.23. The Kier molecular flexibility index (Phi) is 3.81. The summed E-state index contributed by atoms with van der Waals surface area (Å²) in [4.78, 5) is 0. The van der Waals surface area contributed by atoms with E-state index in [0.717, 1.165) is 18.9 Å². The van der Waals surface area contributed by atoms with Crippen LogP contribution in [-0.4, -0.2) is 15.3 Å². The Morgan fingerprint density at radius 2 is 2.11 bits per heavy atom. The van der Waals surface area contributed by atoms with E-state index < -0.39 is 0 Å². The minimum Gasteiger partial charge on any atom is -0.308 e. The molecule has 0 bridgehead atoms. The molecule has 1 N–H and O–H groups in total. The highest BCUT2D eigenvalue weighted by molar-refractivity contribution is 5.26. The summed E-state index contributed by atoms with van der Waals surface area (Å²) in [5.41, 5.74) is 3.05. The van der Waals surface area contributed by atoms with Gasteiger partial charge in [0.1, 0.15) is 0 Å². The monoisotopic (exact) mass is 249 g/mol. The van der Waals surface area contributed by atoms with E-state index in [2.05, 4.69) is 55.9 Å². The predicted molar refractivity (Wildman–Crippen MR) is 75.8 cm³/mol. The van der Waals surface area contributed by atoms with Crippen molar-refractivity contribution in [1.82, 2.24) is 15.1 Å². The van der Waals surface area contributed by atoms with Crippen molar-refractivity contribution in [1.29, 1.82) is 0 Å². The van der Waals surface area contributed by atoms with E-state index in [0.29, 0.717) is 6.04 Å². The molecule has 1 aliphatic carbocycles. The minimum atomic E-state index is 0.166. The van der Waals surface area contributed by atoms with Crippen LogP contribution in [-0.2, 0) is 6.54 Å². The first-order valence-corrected chi connectivity index (χ1v) is 7.23. The average Bonchev–Trinajstić information content (AvgIpc) is 3.04. The molecule has 1 unspecified atom stereocenters. The molecule has 1 aromatic heterocycles. The predicted octanol–water partition coefficient (Wildman–Crippen LogP) is 3.62. The fourth-order valence-corrected chi connectivity index (χ4v) is 2.23. The number of hydrogen-bond acceptors (Lipinski definition) is 2. The van der Waals surface area contributed by atoms with Crippen molar-refractivity contribution in [3.05, 3.63) is 17.5 Å². The molecule has 102 valence electrons. The summed E-state index contributed by atoms with van der Waals surface area (Å²) in [5.74, 6) is 0.762. The Labute approximate surface area is 111 Å². The van der Waals surface area contributed by atoms with Gasteiger partial charge in [-0.1, -0.05) is 6.92 Å². The van der Waals surface area contributed by atoms with Gasteiger partial charge in [0, 0.05) is 35.3 Å². The Balaban J connectivity index is 2.17. The smallest absolute Gasteiger partial charge is 0.0537 e. The molecule has 1 saturated carbocycles. The van der Waals surface area contributed by atoms with Crippen LogP contribution in [0.1, 0.15) is 77.1 Å². The second kappa shape index (κ2) is 5.04. The molecule has 0 amide bonds. The van der Waals surface area contributed by atoms with E-state index >= 15 is 0 Å². The third-order valence-electron chi connectivity index (χ3n) is 3.70. The van der Waals surface area contributed by atoms with Crippen LogP contribution in [0.2, 0.25) is 0 Å². The maximum atomic E-state index is 4.63. The summed E-state index contributed by atoms with van der Waals surface area (Å²) in [5, 5.41) is 8.20. The van der Waals surface area contributed by atoms with Crippen LogP contribution in [0.25, 0.3) is 0 Å². The SMILES string of the molecule is CCC(C)n1ncc(CNC(C)(C)C)c1C1CC1. The third kappa shape index (κ3) is 3.14. The van der Waals surface area contributed by atoms with Crippen molar-refractivity contribution in [2.24, 2.45) is 0 Å². The second-order valence-corrected chi connectivity index (χ2v) is 6.63. The molecule has 0 aromatic carbocycles. The van der Waals surface area contributed by atoms with Gasteiger partial charge in [0.25, 0.3) is 0 Å². The lowest BCUT2D eigenvalue weighted by atomic mass is 10.1. The second-order valence-electron chi connectivity index (χ2n) is 6.63. The van der Waals surface area contributed by atoms with Gasteiger partial charge in [-0.2, -0.15) is 5.10 Å². The van der Waals surface area contributed by atoms with Crippen LogP contribution in [0.5, 0.6) is 0 Å². The molecule has 0 aliphatic heterocycles. The van der Waals surface area contributed by atoms with Gasteiger partial charge in [0.15, 0.2) is 0 Å². The van der Waals surface area contributed by atoms with Crippen LogP contribution in [0.4, 0.5) is 0 Å². The van der Waals surface area contributed by atoms with E-state index in [-0.39, 0.29) is 5.54 Å². The molecule has 3 heteroatoms. The zero-order valence-electron chi connectivity index (χ0n) is 12.5. The first-order chi connectivity index (χ1) is 8.42. The van der Waals surface area contributed by atoms with Crippen molar-refractivity contribution < 1.29 is 0 Å². The molecule has 2 rings (SSSR count). The van der Waals surface area contributed by atoms with Crippen LogP contribution >= 0.6 is 0 Å². The molecule has 0 radical (unpaired) electrons. The number of nitrogens with one attached hydrogen (secondary N) is 1. The molecule has 1 heterocycles. The minimum absolute atomic E-state index is 0.166. The van der Waals surface area contributed by atoms with E-state index in [1.165, 1.54) is 24.1 Å².